The zero-order chi connectivity index (χ0) is 8.10. The molecule has 1 unspecified atom stereocenters. The van der Waals surface area contributed by atoms with E-state index in [0.717, 1.165) is 12.5 Å². The van der Waals surface area contributed by atoms with E-state index < -0.39 is 0 Å². The summed E-state index contributed by atoms with van der Waals surface area (Å²) in [7, 11) is 0. The molecular formula is C10H19N. The van der Waals surface area contributed by atoms with Crippen molar-refractivity contribution in [2.45, 2.75) is 46.0 Å². The monoisotopic (exact) mass is 153 g/mol. The minimum absolute atomic E-state index is 0.784. The number of hydrogen-bond acceptors (Lipinski definition) is 1. The Morgan fingerprint density at radius 1 is 1.45 bits per heavy atom. The minimum atomic E-state index is 0.784. The van der Waals surface area contributed by atoms with Crippen LogP contribution >= 0.6 is 0 Å². The summed E-state index contributed by atoms with van der Waals surface area (Å²) in [5.74, 6) is 0.784. The Hall–Kier alpha value is -0.330. The van der Waals surface area contributed by atoms with Crippen molar-refractivity contribution in [1.29, 1.82) is 0 Å². The number of unbranched alkanes of at least 4 members (excludes halogenated alkanes) is 2. The van der Waals surface area contributed by atoms with Crippen LogP contribution in [0.1, 0.15) is 46.0 Å². The van der Waals surface area contributed by atoms with Crippen molar-refractivity contribution in [3.8, 4) is 0 Å². The molecule has 0 bridgehead atoms. The summed E-state index contributed by atoms with van der Waals surface area (Å²) in [5, 5.41) is 0. The molecule has 0 fully saturated rings. The molecule has 0 aromatic carbocycles. The van der Waals surface area contributed by atoms with Crippen LogP contribution in [-0.2, 0) is 0 Å². The molecule has 1 heteroatoms. The van der Waals surface area contributed by atoms with Gasteiger partial charge in [-0.2, -0.15) is 0 Å². The second kappa shape index (κ2) is 4.53. The standard InChI is InChI=1S/C10H19N/c1-3-4-5-6-10-9(2)7-8-11-10/h9H,3-8H2,1-2H3. The fourth-order valence-electron chi connectivity index (χ4n) is 1.61. The summed E-state index contributed by atoms with van der Waals surface area (Å²) in [6.07, 6.45) is 6.59. The van der Waals surface area contributed by atoms with Crippen molar-refractivity contribution in [1.82, 2.24) is 0 Å². The van der Waals surface area contributed by atoms with Gasteiger partial charge in [0.1, 0.15) is 0 Å². The van der Waals surface area contributed by atoms with Crippen LogP contribution in [0.4, 0.5) is 0 Å². The molecule has 64 valence electrons. The van der Waals surface area contributed by atoms with Crippen LogP contribution in [0, 0.1) is 5.92 Å². The number of nitrogens with zero attached hydrogens (tertiary/aromatic N) is 1. The van der Waals surface area contributed by atoms with E-state index in [9.17, 15) is 0 Å². The summed E-state index contributed by atoms with van der Waals surface area (Å²) in [6.45, 7) is 5.64. The second-order valence-electron chi connectivity index (χ2n) is 3.52. The summed E-state index contributed by atoms with van der Waals surface area (Å²) in [6, 6.07) is 0. The average molecular weight is 153 g/mol. The van der Waals surface area contributed by atoms with Crippen molar-refractivity contribution < 1.29 is 0 Å². The molecule has 1 rings (SSSR count). The first-order valence-corrected chi connectivity index (χ1v) is 4.87. The molecule has 0 radical (unpaired) electrons. The molecule has 1 nitrogen and oxygen atoms in total. The number of aliphatic imine (C=N–C) groups is 1. The lowest BCUT2D eigenvalue weighted by Crippen LogP contribution is -2.04. The van der Waals surface area contributed by atoms with Gasteiger partial charge in [-0.25, -0.2) is 0 Å². The molecule has 11 heavy (non-hydrogen) atoms. The van der Waals surface area contributed by atoms with Crippen LogP contribution in [0.15, 0.2) is 4.99 Å². The van der Waals surface area contributed by atoms with Crippen LogP contribution in [0.2, 0.25) is 0 Å². The molecule has 0 saturated carbocycles. The third kappa shape index (κ3) is 2.64. The SMILES string of the molecule is CCCCCC1=NCCC1C. The molecule has 0 N–H and O–H groups in total. The van der Waals surface area contributed by atoms with Gasteiger partial charge in [-0.1, -0.05) is 26.7 Å². The first kappa shape index (κ1) is 8.76. The van der Waals surface area contributed by atoms with Gasteiger partial charge in [0.05, 0.1) is 0 Å². The molecular weight excluding hydrogens is 134 g/mol. The van der Waals surface area contributed by atoms with Crippen molar-refractivity contribution in [3.05, 3.63) is 0 Å². The largest absolute Gasteiger partial charge is 0.294 e. The van der Waals surface area contributed by atoms with Gasteiger partial charge in [0.15, 0.2) is 0 Å². The Morgan fingerprint density at radius 2 is 2.27 bits per heavy atom. The summed E-state index contributed by atoms with van der Waals surface area (Å²) >= 11 is 0. The highest BCUT2D eigenvalue weighted by Gasteiger charge is 2.14. The Labute approximate surface area is 69.9 Å². The van der Waals surface area contributed by atoms with Crippen molar-refractivity contribution in [3.63, 3.8) is 0 Å². The van der Waals surface area contributed by atoms with Gasteiger partial charge in [0, 0.05) is 12.3 Å². The van der Waals surface area contributed by atoms with Gasteiger partial charge in [-0.3, -0.25) is 4.99 Å². The molecule has 0 spiro atoms. The lowest BCUT2D eigenvalue weighted by atomic mass is 10.00. The quantitative estimate of drug-likeness (QED) is 0.550. The third-order valence-electron chi connectivity index (χ3n) is 2.48. The fraction of sp³-hybridized carbons (Fsp3) is 0.900. The van der Waals surface area contributed by atoms with Gasteiger partial charge in [-0.05, 0) is 25.2 Å². The van der Waals surface area contributed by atoms with E-state index >= 15 is 0 Å². The number of rotatable bonds is 4. The van der Waals surface area contributed by atoms with Crippen LogP contribution < -0.4 is 0 Å². The highest BCUT2D eigenvalue weighted by atomic mass is 14.8. The van der Waals surface area contributed by atoms with Crippen LogP contribution in [0.25, 0.3) is 0 Å². The molecule has 0 aromatic rings. The second-order valence-corrected chi connectivity index (χ2v) is 3.52. The van der Waals surface area contributed by atoms with E-state index in [2.05, 4.69) is 18.8 Å². The average Bonchev–Trinajstić information content (AvgIpc) is 2.37. The molecule has 0 aliphatic carbocycles. The molecule has 1 aliphatic heterocycles. The Kier molecular flexibility index (Phi) is 3.61. The smallest absolute Gasteiger partial charge is 0.0394 e. The van der Waals surface area contributed by atoms with Crippen LogP contribution in [0.3, 0.4) is 0 Å². The maximum Gasteiger partial charge on any atom is 0.0394 e. The zero-order valence-corrected chi connectivity index (χ0v) is 7.77. The van der Waals surface area contributed by atoms with Gasteiger partial charge in [0.25, 0.3) is 0 Å². The minimum Gasteiger partial charge on any atom is -0.294 e. The van der Waals surface area contributed by atoms with Gasteiger partial charge < -0.3 is 0 Å². The molecule has 1 aliphatic rings. The maximum atomic E-state index is 4.51. The number of hydrogen-bond donors (Lipinski definition) is 0. The van der Waals surface area contributed by atoms with E-state index in [0.29, 0.717) is 0 Å². The molecule has 0 aromatic heterocycles. The lowest BCUT2D eigenvalue weighted by molar-refractivity contribution is 0.704. The van der Waals surface area contributed by atoms with E-state index in [1.807, 2.05) is 0 Å². The highest BCUT2D eigenvalue weighted by molar-refractivity contribution is 5.87. The van der Waals surface area contributed by atoms with Crippen LogP contribution in [0.5, 0.6) is 0 Å². The maximum absolute atomic E-state index is 4.51. The molecule has 1 heterocycles. The van der Waals surface area contributed by atoms with Crippen LogP contribution in [-0.4, -0.2) is 12.3 Å². The third-order valence-corrected chi connectivity index (χ3v) is 2.48. The first-order chi connectivity index (χ1) is 5.34. The predicted octanol–water partition coefficient (Wildman–Crippen LogP) is 3.05. The van der Waals surface area contributed by atoms with E-state index in [1.165, 1.54) is 37.8 Å². The normalized spacial score (nSPS) is 23.8. The van der Waals surface area contributed by atoms with Crippen molar-refractivity contribution >= 4 is 5.71 Å². The zero-order valence-electron chi connectivity index (χ0n) is 7.77. The Morgan fingerprint density at radius 3 is 2.82 bits per heavy atom. The Bertz CT molecular complexity index is 138. The van der Waals surface area contributed by atoms with Gasteiger partial charge in [-0.15, -0.1) is 0 Å². The highest BCUT2D eigenvalue weighted by Crippen LogP contribution is 2.17. The first-order valence-electron chi connectivity index (χ1n) is 4.87. The topological polar surface area (TPSA) is 12.4 Å². The van der Waals surface area contributed by atoms with Gasteiger partial charge in [0.2, 0.25) is 0 Å². The molecule has 0 amide bonds. The molecule has 1 atom stereocenters. The van der Waals surface area contributed by atoms with Crippen molar-refractivity contribution in [2.75, 3.05) is 6.54 Å². The molecule has 0 saturated heterocycles. The summed E-state index contributed by atoms with van der Waals surface area (Å²) in [4.78, 5) is 4.51. The van der Waals surface area contributed by atoms with Gasteiger partial charge >= 0.3 is 0 Å². The summed E-state index contributed by atoms with van der Waals surface area (Å²) < 4.78 is 0. The van der Waals surface area contributed by atoms with E-state index in [1.54, 1.807) is 0 Å². The van der Waals surface area contributed by atoms with E-state index in [4.69, 9.17) is 0 Å². The Balaban J connectivity index is 2.15. The summed E-state index contributed by atoms with van der Waals surface area (Å²) in [5.41, 5.74) is 1.48. The lowest BCUT2D eigenvalue weighted by Gasteiger charge is -2.05. The predicted molar refractivity (Wildman–Crippen MR) is 50.2 cm³/mol. The fourth-order valence-corrected chi connectivity index (χ4v) is 1.61. The van der Waals surface area contributed by atoms with Crippen molar-refractivity contribution in [2.24, 2.45) is 10.9 Å². The van der Waals surface area contributed by atoms with E-state index in [-0.39, 0.29) is 0 Å².